The van der Waals surface area contributed by atoms with Gasteiger partial charge in [-0.05, 0) is 19.4 Å². The van der Waals surface area contributed by atoms with Crippen molar-refractivity contribution in [3.8, 4) is 0 Å². The Balaban J connectivity index is 3.09. The minimum absolute atomic E-state index is 0.368. The van der Waals surface area contributed by atoms with Gasteiger partial charge in [-0.3, -0.25) is 4.79 Å². The van der Waals surface area contributed by atoms with E-state index in [4.69, 9.17) is 5.73 Å². The molecule has 0 unspecified atom stereocenters. The van der Waals surface area contributed by atoms with Crippen molar-refractivity contribution in [1.29, 1.82) is 0 Å². The minimum Gasteiger partial charge on any atom is -0.330 e. The van der Waals surface area contributed by atoms with Crippen molar-refractivity contribution in [2.24, 2.45) is 5.73 Å². The summed E-state index contributed by atoms with van der Waals surface area (Å²) in [7, 11) is 0. The van der Waals surface area contributed by atoms with Gasteiger partial charge in [0.2, 0.25) is 0 Å². The van der Waals surface area contributed by atoms with E-state index in [1.807, 2.05) is 0 Å². The van der Waals surface area contributed by atoms with Crippen LogP contribution in [-0.4, -0.2) is 12.3 Å². The van der Waals surface area contributed by atoms with Gasteiger partial charge in [-0.1, -0.05) is 13.3 Å². The zero-order valence-electron chi connectivity index (χ0n) is 6.73. The molecule has 0 aromatic rings. The molecule has 0 heterocycles. The van der Waals surface area contributed by atoms with E-state index in [2.05, 4.69) is 6.92 Å². The smallest absolute Gasteiger partial charge is 0.132 e. The Kier molecular flexibility index (Phi) is 6.50. The first kappa shape index (κ1) is 9.63. The second-order valence-electron chi connectivity index (χ2n) is 2.53. The van der Waals surface area contributed by atoms with Crippen LogP contribution < -0.4 is 5.73 Å². The van der Waals surface area contributed by atoms with E-state index in [-0.39, 0.29) is 0 Å². The molecule has 0 aliphatic carbocycles. The average molecular weight is 143 g/mol. The van der Waals surface area contributed by atoms with Crippen LogP contribution in [0.4, 0.5) is 0 Å². The van der Waals surface area contributed by atoms with Crippen LogP contribution in [0.5, 0.6) is 0 Å². The van der Waals surface area contributed by atoms with Crippen molar-refractivity contribution >= 4 is 5.78 Å². The van der Waals surface area contributed by atoms with Gasteiger partial charge in [0.25, 0.3) is 0 Å². The van der Waals surface area contributed by atoms with Gasteiger partial charge < -0.3 is 5.73 Å². The topological polar surface area (TPSA) is 43.1 Å². The summed E-state index contributed by atoms with van der Waals surface area (Å²) in [5.41, 5.74) is 5.25. The second kappa shape index (κ2) is 6.75. The largest absolute Gasteiger partial charge is 0.330 e. The maximum atomic E-state index is 10.9. The first-order valence-electron chi connectivity index (χ1n) is 4.03. The van der Waals surface area contributed by atoms with E-state index in [0.29, 0.717) is 18.7 Å². The highest BCUT2D eigenvalue weighted by Gasteiger charge is 1.98. The monoisotopic (exact) mass is 143 g/mol. The van der Waals surface area contributed by atoms with Crippen molar-refractivity contribution < 1.29 is 4.79 Å². The van der Waals surface area contributed by atoms with E-state index in [0.717, 1.165) is 25.7 Å². The van der Waals surface area contributed by atoms with Gasteiger partial charge in [0.1, 0.15) is 5.78 Å². The lowest BCUT2D eigenvalue weighted by molar-refractivity contribution is -0.119. The summed E-state index contributed by atoms with van der Waals surface area (Å²) >= 11 is 0. The Morgan fingerprint density at radius 1 is 1.30 bits per heavy atom. The highest BCUT2D eigenvalue weighted by molar-refractivity contribution is 5.78. The Hall–Kier alpha value is -0.370. The number of ketones is 1. The first-order valence-corrected chi connectivity index (χ1v) is 4.03. The summed E-state index contributed by atoms with van der Waals surface area (Å²) in [6, 6.07) is 0. The third-order valence-corrected chi connectivity index (χ3v) is 1.47. The predicted octanol–water partition coefficient (Wildman–Crippen LogP) is 1.48. The molecule has 0 spiro atoms. The number of hydrogen-bond donors (Lipinski definition) is 1. The van der Waals surface area contributed by atoms with E-state index in [1.165, 1.54) is 0 Å². The fraction of sp³-hybridized carbons (Fsp3) is 0.875. The molecule has 0 amide bonds. The van der Waals surface area contributed by atoms with E-state index < -0.39 is 0 Å². The number of nitrogens with two attached hydrogens (primary N) is 1. The number of Topliss-reactive ketones (excluding diaryl/α,β-unsaturated/α-hetero) is 1. The molecule has 0 rings (SSSR count). The van der Waals surface area contributed by atoms with Crippen molar-refractivity contribution in [3.63, 3.8) is 0 Å². The summed E-state index contributed by atoms with van der Waals surface area (Å²) in [6.07, 6.45) is 4.41. The van der Waals surface area contributed by atoms with Gasteiger partial charge in [-0.25, -0.2) is 0 Å². The molecule has 2 N–H and O–H groups in total. The summed E-state index contributed by atoms with van der Waals surface area (Å²) in [5, 5.41) is 0. The number of carbonyl (C=O) groups excluding carboxylic acids is 1. The van der Waals surface area contributed by atoms with Gasteiger partial charge in [0.15, 0.2) is 0 Å². The lowest BCUT2D eigenvalue weighted by Crippen LogP contribution is -2.03. The lowest BCUT2D eigenvalue weighted by atomic mass is 10.1. The molecule has 0 aromatic carbocycles. The maximum Gasteiger partial charge on any atom is 0.132 e. The normalized spacial score (nSPS) is 9.80. The Morgan fingerprint density at radius 2 is 1.90 bits per heavy atom. The molecule has 0 radical (unpaired) electrons. The molecule has 0 atom stereocenters. The Morgan fingerprint density at radius 3 is 2.40 bits per heavy atom. The second-order valence-corrected chi connectivity index (χ2v) is 2.53. The predicted molar refractivity (Wildman–Crippen MR) is 42.8 cm³/mol. The average Bonchev–Trinajstić information content (AvgIpc) is 1.97. The highest BCUT2D eigenvalue weighted by Crippen LogP contribution is 1.99. The third-order valence-electron chi connectivity index (χ3n) is 1.47. The van der Waals surface area contributed by atoms with Gasteiger partial charge in [-0.15, -0.1) is 0 Å². The zero-order chi connectivity index (χ0) is 7.82. The first-order chi connectivity index (χ1) is 4.81. The molecule has 0 aromatic heterocycles. The van der Waals surface area contributed by atoms with Crippen molar-refractivity contribution in [2.75, 3.05) is 6.54 Å². The van der Waals surface area contributed by atoms with E-state index in [1.54, 1.807) is 0 Å². The van der Waals surface area contributed by atoms with Gasteiger partial charge in [0, 0.05) is 12.8 Å². The van der Waals surface area contributed by atoms with Crippen LogP contribution in [0.2, 0.25) is 0 Å². The quantitative estimate of drug-likeness (QED) is 0.612. The SMILES string of the molecule is CCCCC(=O)CCCN. The molecule has 0 aliphatic heterocycles. The molecule has 0 saturated carbocycles. The number of unbranched alkanes of at least 4 members (excludes halogenated alkanes) is 1. The molecule has 10 heavy (non-hydrogen) atoms. The Bertz CT molecular complexity index is 81.3. The fourth-order valence-electron chi connectivity index (χ4n) is 0.798. The number of hydrogen-bond acceptors (Lipinski definition) is 2. The van der Waals surface area contributed by atoms with E-state index >= 15 is 0 Å². The summed E-state index contributed by atoms with van der Waals surface area (Å²) < 4.78 is 0. The molecular weight excluding hydrogens is 126 g/mol. The number of rotatable bonds is 6. The highest BCUT2D eigenvalue weighted by atomic mass is 16.1. The molecule has 0 saturated heterocycles. The summed E-state index contributed by atoms with van der Waals surface area (Å²) in [6.45, 7) is 2.73. The molecule has 0 bridgehead atoms. The van der Waals surface area contributed by atoms with Gasteiger partial charge >= 0.3 is 0 Å². The maximum absolute atomic E-state index is 10.9. The molecule has 2 nitrogen and oxygen atoms in total. The molecule has 0 aliphatic rings. The van der Waals surface area contributed by atoms with Crippen LogP contribution in [-0.2, 0) is 4.79 Å². The lowest BCUT2D eigenvalue weighted by Gasteiger charge is -1.96. The molecule has 0 fully saturated rings. The third kappa shape index (κ3) is 5.76. The van der Waals surface area contributed by atoms with Crippen LogP contribution in [0.1, 0.15) is 39.0 Å². The van der Waals surface area contributed by atoms with Crippen molar-refractivity contribution in [3.05, 3.63) is 0 Å². The fourth-order valence-corrected chi connectivity index (χ4v) is 0.798. The van der Waals surface area contributed by atoms with Crippen LogP contribution in [0, 0.1) is 0 Å². The van der Waals surface area contributed by atoms with Crippen LogP contribution in [0.15, 0.2) is 0 Å². The van der Waals surface area contributed by atoms with Gasteiger partial charge in [0.05, 0.1) is 0 Å². The molecule has 2 heteroatoms. The zero-order valence-corrected chi connectivity index (χ0v) is 6.73. The standard InChI is InChI=1S/C8H17NO/c1-2-3-5-8(10)6-4-7-9/h2-7,9H2,1H3. The number of carbonyl (C=O) groups is 1. The van der Waals surface area contributed by atoms with Crippen molar-refractivity contribution in [1.82, 2.24) is 0 Å². The van der Waals surface area contributed by atoms with Crippen LogP contribution in [0.25, 0.3) is 0 Å². The molecule has 60 valence electrons. The van der Waals surface area contributed by atoms with Crippen molar-refractivity contribution in [2.45, 2.75) is 39.0 Å². The van der Waals surface area contributed by atoms with Crippen LogP contribution >= 0.6 is 0 Å². The summed E-state index contributed by atoms with van der Waals surface area (Å²) in [5.74, 6) is 0.368. The summed E-state index contributed by atoms with van der Waals surface area (Å²) in [4.78, 5) is 10.9. The molecular formula is C8H17NO. The van der Waals surface area contributed by atoms with Gasteiger partial charge in [-0.2, -0.15) is 0 Å². The van der Waals surface area contributed by atoms with E-state index in [9.17, 15) is 4.79 Å². The Labute approximate surface area is 62.8 Å². The minimum atomic E-state index is 0.368. The van der Waals surface area contributed by atoms with Crippen LogP contribution in [0.3, 0.4) is 0 Å².